The van der Waals surface area contributed by atoms with Gasteiger partial charge in [0, 0.05) is 25.7 Å². The summed E-state index contributed by atoms with van der Waals surface area (Å²) in [7, 11) is 1.84. The third-order valence-electron chi connectivity index (χ3n) is 4.16. The maximum atomic E-state index is 11.4. The molecule has 27 heavy (non-hydrogen) atoms. The number of nitrogens with zero attached hydrogens (tertiary/aromatic N) is 4. The van der Waals surface area contributed by atoms with Gasteiger partial charge in [-0.05, 0) is 37.1 Å². The van der Waals surface area contributed by atoms with Crippen LogP contribution in [0.15, 0.2) is 29.5 Å². The Balaban J connectivity index is 1.47. The van der Waals surface area contributed by atoms with E-state index >= 15 is 0 Å². The van der Waals surface area contributed by atoms with Gasteiger partial charge in [-0.3, -0.25) is 9.48 Å². The second kappa shape index (κ2) is 9.02. The minimum Gasteiger partial charge on any atom is -0.492 e. The topological polar surface area (TPSA) is 105 Å². The number of nitrogens with one attached hydrogen (secondary N) is 3. The van der Waals surface area contributed by atoms with Gasteiger partial charge in [0.1, 0.15) is 31.1 Å². The molecular formula is C18H25N7O2. The summed E-state index contributed by atoms with van der Waals surface area (Å²) in [6, 6.07) is 5.75. The summed E-state index contributed by atoms with van der Waals surface area (Å²) in [4.78, 5) is 20.1. The molecule has 0 unspecified atom stereocenters. The summed E-state index contributed by atoms with van der Waals surface area (Å²) in [5, 5.41) is 13.3. The lowest BCUT2D eigenvalue weighted by atomic mass is 10.0. The number of hydrogen-bond donors (Lipinski definition) is 3. The first-order chi connectivity index (χ1) is 13.2. The fraction of sp³-hybridized carbons (Fsp3) is 0.444. The van der Waals surface area contributed by atoms with E-state index in [0.717, 1.165) is 35.8 Å². The van der Waals surface area contributed by atoms with Crippen LogP contribution in [0.25, 0.3) is 0 Å². The lowest BCUT2D eigenvalue weighted by Crippen LogP contribution is -2.39. The molecule has 2 aromatic rings. The zero-order valence-corrected chi connectivity index (χ0v) is 15.7. The zero-order chi connectivity index (χ0) is 19.1. The highest BCUT2D eigenvalue weighted by Gasteiger charge is 2.14. The van der Waals surface area contributed by atoms with Crippen molar-refractivity contribution in [1.29, 1.82) is 0 Å². The van der Waals surface area contributed by atoms with Crippen molar-refractivity contribution in [3.63, 3.8) is 0 Å². The molecular weight excluding hydrogens is 346 g/mol. The molecule has 0 bridgehead atoms. The summed E-state index contributed by atoms with van der Waals surface area (Å²) in [5.41, 5.74) is 1.99. The van der Waals surface area contributed by atoms with E-state index in [1.807, 2.05) is 32.2 Å². The molecule has 144 valence electrons. The predicted octanol–water partition coefficient (Wildman–Crippen LogP) is 0.834. The van der Waals surface area contributed by atoms with Gasteiger partial charge in [-0.15, -0.1) is 0 Å². The number of fused-ring (bicyclic) bond motifs is 1. The van der Waals surface area contributed by atoms with Crippen LogP contribution in [-0.2, 0) is 24.8 Å². The van der Waals surface area contributed by atoms with Crippen molar-refractivity contribution in [2.45, 2.75) is 26.3 Å². The molecule has 0 atom stereocenters. The van der Waals surface area contributed by atoms with Crippen molar-refractivity contribution in [1.82, 2.24) is 25.4 Å². The molecule has 3 rings (SSSR count). The maximum absolute atomic E-state index is 11.4. The highest BCUT2D eigenvalue weighted by Crippen LogP contribution is 2.26. The van der Waals surface area contributed by atoms with Crippen molar-refractivity contribution >= 4 is 17.6 Å². The van der Waals surface area contributed by atoms with Crippen LogP contribution in [-0.4, -0.2) is 46.3 Å². The number of aliphatic imine (C=N–C) groups is 1. The van der Waals surface area contributed by atoms with Gasteiger partial charge in [0.05, 0.1) is 6.54 Å². The molecule has 1 aliphatic rings. The first kappa shape index (κ1) is 18.7. The van der Waals surface area contributed by atoms with E-state index in [1.54, 1.807) is 4.68 Å². The van der Waals surface area contributed by atoms with Gasteiger partial charge < -0.3 is 20.7 Å². The Bertz CT molecular complexity index is 816. The molecule has 0 spiro atoms. The van der Waals surface area contributed by atoms with E-state index in [2.05, 4.69) is 31.0 Å². The van der Waals surface area contributed by atoms with E-state index in [0.29, 0.717) is 32.1 Å². The molecule has 0 saturated carbocycles. The highest BCUT2D eigenvalue weighted by atomic mass is 16.5. The fourth-order valence-corrected chi connectivity index (χ4v) is 2.74. The van der Waals surface area contributed by atoms with Crippen LogP contribution in [0.2, 0.25) is 0 Å². The Morgan fingerprint density at radius 1 is 1.37 bits per heavy atom. The SMILES string of the molecule is CCNC(=NCc1ncnn1C)NCCOc1ccc2c(c1)CCC(=O)N2. The van der Waals surface area contributed by atoms with Crippen molar-refractivity contribution in [2.24, 2.45) is 12.0 Å². The molecule has 0 fully saturated rings. The van der Waals surface area contributed by atoms with Gasteiger partial charge in [-0.2, -0.15) is 5.10 Å². The largest absolute Gasteiger partial charge is 0.492 e. The summed E-state index contributed by atoms with van der Waals surface area (Å²) in [6.45, 7) is 4.34. The van der Waals surface area contributed by atoms with Crippen molar-refractivity contribution in [2.75, 3.05) is 25.0 Å². The summed E-state index contributed by atoms with van der Waals surface area (Å²) in [5.74, 6) is 2.37. The molecule has 1 aromatic carbocycles. The third-order valence-corrected chi connectivity index (χ3v) is 4.16. The van der Waals surface area contributed by atoms with Gasteiger partial charge in [-0.25, -0.2) is 9.98 Å². The number of amides is 1. The first-order valence-corrected chi connectivity index (χ1v) is 9.06. The number of aryl methyl sites for hydroxylation is 2. The van der Waals surface area contributed by atoms with E-state index in [4.69, 9.17) is 4.74 Å². The number of anilines is 1. The van der Waals surface area contributed by atoms with Crippen molar-refractivity contribution < 1.29 is 9.53 Å². The normalized spacial score (nSPS) is 13.7. The molecule has 9 heteroatoms. The third kappa shape index (κ3) is 5.19. The van der Waals surface area contributed by atoms with Crippen LogP contribution in [0.4, 0.5) is 5.69 Å². The highest BCUT2D eigenvalue weighted by molar-refractivity contribution is 5.94. The quantitative estimate of drug-likeness (QED) is 0.378. The summed E-state index contributed by atoms with van der Waals surface area (Å²) >= 11 is 0. The van der Waals surface area contributed by atoms with Gasteiger partial charge in [-0.1, -0.05) is 0 Å². The summed E-state index contributed by atoms with van der Waals surface area (Å²) < 4.78 is 7.52. The van der Waals surface area contributed by atoms with Crippen LogP contribution in [0.3, 0.4) is 0 Å². The molecule has 9 nitrogen and oxygen atoms in total. The Hall–Kier alpha value is -3.10. The van der Waals surface area contributed by atoms with Crippen LogP contribution in [0.1, 0.15) is 24.7 Å². The van der Waals surface area contributed by atoms with E-state index in [-0.39, 0.29) is 5.91 Å². The number of rotatable bonds is 7. The van der Waals surface area contributed by atoms with Crippen molar-refractivity contribution in [3.8, 4) is 5.75 Å². The van der Waals surface area contributed by atoms with E-state index in [9.17, 15) is 4.79 Å². The molecule has 2 heterocycles. The van der Waals surface area contributed by atoms with Gasteiger partial charge in [0.25, 0.3) is 0 Å². The van der Waals surface area contributed by atoms with Gasteiger partial charge in [0.15, 0.2) is 5.96 Å². The molecule has 3 N–H and O–H groups in total. The monoisotopic (exact) mass is 371 g/mol. The molecule has 1 amide bonds. The minimum atomic E-state index is 0.0666. The lowest BCUT2D eigenvalue weighted by molar-refractivity contribution is -0.116. The zero-order valence-electron chi connectivity index (χ0n) is 15.7. The van der Waals surface area contributed by atoms with Crippen LogP contribution >= 0.6 is 0 Å². The number of carbonyl (C=O) groups is 1. The average molecular weight is 371 g/mol. The number of benzene rings is 1. The minimum absolute atomic E-state index is 0.0666. The van der Waals surface area contributed by atoms with Crippen LogP contribution < -0.4 is 20.7 Å². The smallest absolute Gasteiger partial charge is 0.224 e. The Labute approximate surface area is 158 Å². The molecule has 0 aliphatic carbocycles. The second-order valence-corrected chi connectivity index (χ2v) is 6.14. The number of guanidine groups is 1. The number of aromatic nitrogens is 3. The van der Waals surface area contributed by atoms with Crippen LogP contribution in [0.5, 0.6) is 5.75 Å². The summed E-state index contributed by atoms with van der Waals surface area (Å²) in [6.07, 6.45) is 2.78. The fourth-order valence-electron chi connectivity index (χ4n) is 2.74. The molecule has 1 aromatic heterocycles. The lowest BCUT2D eigenvalue weighted by Gasteiger charge is -2.18. The number of carbonyl (C=O) groups excluding carboxylic acids is 1. The molecule has 0 saturated heterocycles. The first-order valence-electron chi connectivity index (χ1n) is 9.06. The second-order valence-electron chi connectivity index (χ2n) is 6.14. The predicted molar refractivity (Wildman–Crippen MR) is 103 cm³/mol. The molecule has 0 radical (unpaired) electrons. The van der Waals surface area contributed by atoms with Gasteiger partial charge >= 0.3 is 0 Å². The Morgan fingerprint density at radius 3 is 3.04 bits per heavy atom. The Morgan fingerprint density at radius 2 is 2.26 bits per heavy atom. The maximum Gasteiger partial charge on any atom is 0.224 e. The van der Waals surface area contributed by atoms with E-state index < -0.39 is 0 Å². The van der Waals surface area contributed by atoms with Gasteiger partial charge in [0.2, 0.25) is 5.91 Å². The molecule has 1 aliphatic heterocycles. The average Bonchev–Trinajstić information content (AvgIpc) is 3.08. The Kier molecular flexibility index (Phi) is 6.24. The number of ether oxygens (including phenoxy) is 1. The van der Waals surface area contributed by atoms with E-state index in [1.165, 1.54) is 6.33 Å². The van der Waals surface area contributed by atoms with Crippen LogP contribution in [0, 0.1) is 0 Å². The number of hydrogen-bond acceptors (Lipinski definition) is 5. The van der Waals surface area contributed by atoms with Crippen molar-refractivity contribution in [3.05, 3.63) is 35.9 Å². The standard InChI is InChI=1S/C18H25N7O2/c1-3-19-18(21-11-16-22-12-23-25(16)2)20-8-9-27-14-5-6-15-13(10-14)4-7-17(26)24-15/h5-6,10,12H,3-4,7-9,11H2,1-2H3,(H,24,26)(H2,19,20,21).